The number of alkyl halides is 3. The van der Waals surface area contributed by atoms with Crippen LogP contribution in [-0.2, 0) is 17.2 Å². The largest absolute Gasteiger partial charge is 0.417 e. The molecule has 2 nitrogen and oxygen atoms in total. The van der Waals surface area contributed by atoms with E-state index in [0.717, 1.165) is 6.07 Å². The Morgan fingerprint density at radius 3 is 1.82 bits per heavy atom. The van der Waals surface area contributed by atoms with Gasteiger partial charge in [-0.1, -0.05) is 39.3 Å². The first-order chi connectivity index (χ1) is 10.0. The van der Waals surface area contributed by atoms with Crippen molar-refractivity contribution in [3.05, 3.63) is 29.3 Å². The van der Waals surface area contributed by atoms with E-state index >= 15 is 0 Å². The molecule has 1 aromatic rings. The van der Waals surface area contributed by atoms with Crippen molar-refractivity contribution in [2.75, 3.05) is 0 Å². The Kier molecular flexibility index (Phi) is 10.6. The van der Waals surface area contributed by atoms with Crippen LogP contribution in [0.25, 0.3) is 0 Å². The van der Waals surface area contributed by atoms with Crippen molar-refractivity contribution in [3.63, 3.8) is 0 Å². The Morgan fingerprint density at radius 1 is 1.00 bits per heavy atom. The average Bonchev–Trinajstić information content (AvgIpc) is 2.40. The second-order valence-corrected chi connectivity index (χ2v) is 6.30. The normalized spacial score (nSPS) is 12.5. The molecule has 1 unspecified atom stereocenters. The molecular formula is C16H28F3NOS. The molecule has 6 heteroatoms. The molecular weight excluding hydrogens is 311 g/mol. The molecule has 1 rings (SSSR count). The number of hydrogen-bond donors (Lipinski definition) is 1. The maximum absolute atomic E-state index is 12.9. The third kappa shape index (κ3) is 8.54. The van der Waals surface area contributed by atoms with Crippen LogP contribution in [0.2, 0.25) is 0 Å². The number of benzene rings is 1. The van der Waals surface area contributed by atoms with Gasteiger partial charge in [0.25, 0.3) is 0 Å². The lowest BCUT2D eigenvalue weighted by Crippen LogP contribution is -2.37. The Labute approximate surface area is 135 Å². The zero-order chi connectivity index (χ0) is 18.1. The van der Waals surface area contributed by atoms with Crippen LogP contribution < -0.4 is 4.72 Å². The van der Waals surface area contributed by atoms with E-state index in [-0.39, 0.29) is 4.90 Å². The van der Waals surface area contributed by atoms with Gasteiger partial charge in [-0.2, -0.15) is 13.2 Å². The predicted molar refractivity (Wildman–Crippen MR) is 88.2 cm³/mol. The van der Waals surface area contributed by atoms with E-state index in [1.165, 1.54) is 12.1 Å². The molecule has 22 heavy (non-hydrogen) atoms. The van der Waals surface area contributed by atoms with Crippen LogP contribution in [0.4, 0.5) is 13.2 Å². The summed E-state index contributed by atoms with van der Waals surface area (Å²) in [6, 6.07) is 3.79. The lowest BCUT2D eigenvalue weighted by atomic mass is 10.1. The molecule has 0 radical (unpaired) electrons. The lowest BCUT2D eigenvalue weighted by molar-refractivity contribution is -0.139. The van der Waals surface area contributed by atoms with E-state index in [2.05, 4.69) is 4.72 Å². The number of aryl methyl sites for hydroxylation is 1. The van der Waals surface area contributed by atoms with Gasteiger partial charge in [-0.3, -0.25) is 0 Å². The van der Waals surface area contributed by atoms with Gasteiger partial charge >= 0.3 is 6.18 Å². The van der Waals surface area contributed by atoms with Gasteiger partial charge in [0, 0.05) is 5.54 Å². The van der Waals surface area contributed by atoms with Crippen molar-refractivity contribution in [2.45, 2.75) is 72.0 Å². The Balaban J connectivity index is 0. The Hall–Kier alpha value is -0.880. The highest BCUT2D eigenvalue weighted by molar-refractivity contribution is 7.83. The fourth-order valence-corrected chi connectivity index (χ4v) is 2.59. The molecule has 0 aliphatic carbocycles. The molecule has 1 aromatic carbocycles. The summed E-state index contributed by atoms with van der Waals surface area (Å²) in [6.45, 7) is 14.8. The van der Waals surface area contributed by atoms with Crippen LogP contribution in [0.5, 0.6) is 0 Å². The minimum atomic E-state index is -4.50. The molecule has 0 spiro atoms. The molecule has 0 bridgehead atoms. The first kappa shape index (κ1) is 23.4. The van der Waals surface area contributed by atoms with Crippen LogP contribution in [0.1, 0.15) is 59.6 Å². The van der Waals surface area contributed by atoms with Gasteiger partial charge in [0.1, 0.15) is 11.0 Å². The third-order valence-electron chi connectivity index (χ3n) is 2.04. The van der Waals surface area contributed by atoms with Crippen LogP contribution in [0, 0.1) is 6.92 Å². The van der Waals surface area contributed by atoms with Crippen LogP contribution in [0.15, 0.2) is 23.1 Å². The highest BCUT2D eigenvalue weighted by Crippen LogP contribution is 2.34. The van der Waals surface area contributed by atoms with Crippen molar-refractivity contribution in [2.24, 2.45) is 0 Å². The highest BCUT2D eigenvalue weighted by atomic mass is 32.2. The van der Waals surface area contributed by atoms with Crippen molar-refractivity contribution in [1.82, 2.24) is 4.72 Å². The third-order valence-corrected chi connectivity index (χ3v) is 3.59. The molecule has 0 saturated carbocycles. The standard InChI is InChI=1S/C12H16F3NOS.2C2H6/c1-8-5-6-10(9(7-8)12(13,14)15)18(17)16-11(2,3)4;2*1-2/h5-7,16H,1-4H3;2*1-2H3. The van der Waals surface area contributed by atoms with Crippen molar-refractivity contribution < 1.29 is 17.4 Å². The maximum atomic E-state index is 12.9. The molecule has 0 aliphatic rings. The van der Waals surface area contributed by atoms with Crippen molar-refractivity contribution in [3.8, 4) is 0 Å². The van der Waals surface area contributed by atoms with E-state index in [1.807, 2.05) is 27.7 Å². The highest BCUT2D eigenvalue weighted by Gasteiger charge is 2.35. The smallest absolute Gasteiger partial charge is 0.237 e. The molecule has 0 aliphatic heterocycles. The maximum Gasteiger partial charge on any atom is 0.417 e. The molecule has 130 valence electrons. The lowest BCUT2D eigenvalue weighted by Gasteiger charge is -2.21. The van der Waals surface area contributed by atoms with E-state index in [4.69, 9.17) is 0 Å². The van der Waals surface area contributed by atoms with Gasteiger partial charge in [0.05, 0.1) is 10.5 Å². The second-order valence-electron chi connectivity index (χ2n) is 5.12. The summed E-state index contributed by atoms with van der Waals surface area (Å²) < 4.78 is 53.2. The van der Waals surface area contributed by atoms with E-state index in [1.54, 1.807) is 27.7 Å². The van der Waals surface area contributed by atoms with Gasteiger partial charge in [0.15, 0.2) is 0 Å². The Bertz CT molecular complexity index is 465. The molecule has 0 fully saturated rings. The first-order valence-electron chi connectivity index (χ1n) is 7.38. The number of rotatable bonds is 2. The molecule has 0 amide bonds. The first-order valence-corrected chi connectivity index (χ1v) is 8.53. The number of hydrogen-bond acceptors (Lipinski definition) is 1. The summed E-state index contributed by atoms with van der Waals surface area (Å²) in [5, 5.41) is 0. The molecule has 1 atom stereocenters. The van der Waals surface area contributed by atoms with E-state index < -0.39 is 28.3 Å². The second kappa shape index (κ2) is 10.0. The molecule has 0 saturated heterocycles. The fraction of sp³-hybridized carbons (Fsp3) is 0.625. The fourth-order valence-electron chi connectivity index (χ4n) is 1.36. The van der Waals surface area contributed by atoms with Crippen LogP contribution in [-0.4, -0.2) is 9.75 Å². The zero-order valence-electron chi connectivity index (χ0n) is 14.7. The van der Waals surface area contributed by atoms with E-state index in [0.29, 0.717) is 5.56 Å². The summed E-state index contributed by atoms with van der Waals surface area (Å²) in [4.78, 5) is -0.233. The average molecular weight is 339 g/mol. The van der Waals surface area contributed by atoms with Crippen molar-refractivity contribution in [1.29, 1.82) is 0 Å². The number of halogens is 3. The number of nitrogens with one attached hydrogen (secondary N) is 1. The Morgan fingerprint density at radius 2 is 1.45 bits per heavy atom. The quantitative estimate of drug-likeness (QED) is 0.760. The predicted octanol–water partition coefficient (Wildman–Crippen LogP) is 5.48. The summed E-state index contributed by atoms with van der Waals surface area (Å²) >= 11 is 0. The summed E-state index contributed by atoms with van der Waals surface area (Å²) in [5.74, 6) is 0. The van der Waals surface area contributed by atoms with Gasteiger partial charge in [-0.15, -0.1) is 0 Å². The van der Waals surface area contributed by atoms with Gasteiger partial charge in [0.2, 0.25) is 0 Å². The van der Waals surface area contributed by atoms with E-state index in [9.17, 15) is 17.4 Å². The zero-order valence-corrected chi connectivity index (χ0v) is 15.5. The van der Waals surface area contributed by atoms with Gasteiger partial charge < -0.3 is 0 Å². The van der Waals surface area contributed by atoms with Gasteiger partial charge in [-0.05, 0) is 39.8 Å². The van der Waals surface area contributed by atoms with Crippen molar-refractivity contribution >= 4 is 11.0 Å². The summed E-state index contributed by atoms with van der Waals surface area (Å²) in [6.07, 6.45) is -4.50. The molecule has 0 heterocycles. The topological polar surface area (TPSA) is 29.1 Å². The minimum Gasteiger partial charge on any atom is -0.237 e. The van der Waals surface area contributed by atoms with Crippen LogP contribution in [0.3, 0.4) is 0 Å². The SMILES string of the molecule is CC.CC.Cc1ccc(S(=O)NC(C)(C)C)c(C(F)(F)F)c1. The monoisotopic (exact) mass is 339 g/mol. The van der Waals surface area contributed by atoms with Crippen LogP contribution >= 0.6 is 0 Å². The summed E-state index contributed by atoms with van der Waals surface area (Å²) in [5.41, 5.74) is -0.894. The minimum absolute atomic E-state index is 0.233. The summed E-state index contributed by atoms with van der Waals surface area (Å²) in [7, 11) is -1.89. The molecule has 0 aromatic heterocycles. The van der Waals surface area contributed by atoms with Gasteiger partial charge in [-0.25, -0.2) is 8.93 Å². The molecule has 1 N–H and O–H groups in total.